The monoisotopic (exact) mass is 380 g/mol. The van der Waals surface area contributed by atoms with E-state index in [0.29, 0.717) is 11.6 Å². The van der Waals surface area contributed by atoms with Crippen molar-refractivity contribution in [3.8, 4) is 0 Å². The Morgan fingerprint density at radius 1 is 0.962 bits per heavy atom. The van der Waals surface area contributed by atoms with Crippen LogP contribution in [0, 0.1) is 11.6 Å². The maximum Gasteiger partial charge on any atom is 0.264 e. The van der Waals surface area contributed by atoms with Crippen LogP contribution in [-0.4, -0.2) is 32.3 Å². The van der Waals surface area contributed by atoms with Crippen molar-refractivity contribution < 1.29 is 22.0 Å². The zero-order valence-corrected chi connectivity index (χ0v) is 14.7. The largest absolute Gasteiger partial charge is 0.339 e. The van der Waals surface area contributed by atoms with Crippen LogP contribution in [0.25, 0.3) is 0 Å². The summed E-state index contributed by atoms with van der Waals surface area (Å²) < 4.78 is 53.4. The third-order valence-electron chi connectivity index (χ3n) is 4.21. The average Bonchev–Trinajstić information content (AvgIpc) is 2.62. The maximum atomic E-state index is 13.7. The van der Waals surface area contributed by atoms with E-state index in [9.17, 15) is 22.0 Å². The molecule has 0 atom stereocenters. The highest BCUT2D eigenvalue weighted by atomic mass is 32.2. The number of halogens is 2. The van der Waals surface area contributed by atoms with Crippen molar-refractivity contribution in [2.75, 3.05) is 17.8 Å². The van der Waals surface area contributed by atoms with E-state index in [4.69, 9.17) is 0 Å². The van der Waals surface area contributed by atoms with Gasteiger partial charge in [-0.05, 0) is 55.7 Å². The number of hydrogen-bond acceptors (Lipinski definition) is 3. The first-order valence-electron chi connectivity index (χ1n) is 8.24. The van der Waals surface area contributed by atoms with Gasteiger partial charge in [0.2, 0.25) is 0 Å². The molecule has 0 radical (unpaired) electrons. The van der Waals surface area contributed by atoms with Crippen LogP contribution in [-0.2, 0) is 10.0 Å². The molecule has 1 fully saturated rings. The summed E-state index contributed by atoms with van der Waals surface area (Å²) in [5, 5.41) is 0. The van der Waals surface area contributed by atoms with Gasteiger partial charge in [-0.3, -0.25) is 9.52 Å². The number of nitrogens with zero attached hydrogens (tertiary/aromatic N) is 1. The molecule has 1 aliphatic heterocycles. The summed E-state index contributed by atoms with van der Waals surface area (Å²) >= 11 is 0. The van der Waals surface area contributed by atoms with Crippen molar-refractivity contribution in [3.63, 3.8) is 0 Å². The second-order valence-corrected chi connectivity index (χ2v) is 7.76. The van der Waals surface area contributed by atoms with E-state index in [0.717, 1.165) is 44.5 Å². The summed E-state index contributed by atoms with van der Waals surface area (Å²) in [5.41, 5.74) is 0.645. The van der Waals surface area contributed by atoms with Crippen molar-refractivity contribution in [1.29, 1.82) is 0 Å². The lowest BCUT2D eigenvalue weighted by Gasteiger charge is -2.26. The van der Waals surface area contributed by atoms with Crippen molar-refractivity contribution in [2.24, 2.45) is 0 Å². The number of amides is 1. The number of rotatable bonds is 4. The van der Waals surface area contributed by atoms with Gasteiger partial charge in [0, 0.05) is 30.4 Å². The molecule has 0 saturated carbocycles. The second-order valence-electron chi connectivity index (χ2n) is 6.11. The number of anilines is 1. The molecule has 138 valence electrons. The fourth-order valence-corrected chi connectivity index (χ4v) is 3.98. The first-order chi connectivity index (χ1) is 12.4. The van der Waals surface area contributed by atoms with Gasteiger partial charge in [-0.25, -0.2) is 17.2 Å². The lowest BCUT2D eigenvalue weighted by atomic mass is 10.1. The van der Waals surface area contributed by atoms with Gasteiger partial charge in [-0.15, -0.1) is 0 Å². The smallest absolute Gasteiger partial charge is 0.264 e. The molecule has 0 aromatic heterocycles. The highest BCUT2D eigenvalue weighted by molar-refractivity contribution is 7.92. The number of likely N-dealkylation sites (tertiary alicyclic amines) is 1. The minimum absolute atomic E-state index is 0.0938. The van der Waals surface area contributed by atoms with E-state index in [2.05, 4.69) is 4.72 Å². The number of nitrogens with one attached hydrogen (secondary N) is 1. The zero-order chi connectivity index (χ0) is 18.7. The van der Waals surface area contributed by atoms with Gasteiger partial charge in [0.1, 0.15) is 16.5 Å². The van der Waals surface area contributed by atoms with E-state index in [1.165, 1.54) is 24.3 Å². The highest BCUT2D eigenvalue weighted by Crippen LogP contribution is 2.21. The average molecular weight is 380 g/mol. The van der Waals surface area contributed by atoms with Gasteiger partial charge in [-0.1, -0.05) is 0 Å². The van der Waals surface area contributed by atoms with E-state index < -0.39 is 26.6 Å². The highest BCUT2D eigenvalue weighted by Gasteiger charge is 2.21. The van der Waals surface area contributed by atoms with Crippen molar-refractivity contribution in [1.82, 2.24) is 4.90 Å². The van der Waals surface area contributed by atoms with Crippen LogP contribution >= 0.6 is 0 Å². The van der Waals surface area contributed by atoms with Gasteiger partial charge in [-0.2, -0.15) is 0 Å². The molecule has 1 N–H and O–H groups in total. The summed E-state index contributed by atoms with van der Waals surface area (Å²) in [6, 6.07) is 8.17. The number of piperidine rings is 1. The molecule has 1 amide bonds. The first-order valence-corrected chi connectivity index (χ1v) is 9.72. The molecular weight excluding hydrogens is 362 g/mol. The van der Waals surface area contributed by atoms with Gasteiger partial charge in [0.25, 0.3) is 15.9 Å². The molecule has 2 aromatic carbocycles. The van der Waals surface area contributed by atoms with Gasteiger partial charge >= 0.3 is 0 Å². The number of carbonyl (C=O) groups is 1. The molecule has 2 aromatic rings. The number of carbonyl (C=O) groups excluding carboxylic acids is 1. The van der Waals surface area contributed by atoms with E-state index in [1.807, 2.05) is 0 Å². The van der Waals surface area contributed by atoms with Crippen molar-refractivity contribution >= 4 is 21.6 Å². The fraction of sp³-hybridized carbons (Fsp3) is 0.278. The summed E-state index contributed by atoms with van der Waals surface area (Å²) in [6.07, 6.45) is 3.07. The molecule has 1 heterocycles. The first kappa shape index (κ1) is 18.3. The van der Waals surface area contributed by atoms with Gasteiger partial charge in [0.15, 0.2) is 0 Å². The minimum atomic E-state index is -4.20. The lowest BCUT2D eigenvalue weighted by molar-refractivity contribution is 0.0724. The Bertz CT molecular complexity index is 909. The molecule has 0 aliphatic carbocycles. The predicted molar refractivity (Wildman–Crippen MR) is 93.4 cm³/mol. The van der Waals surface area contributed by atoms with Gasteiger partial charge in [0.05, 0.1) is 0 Å². The molecule has 0 spiro atoms. The Kier molecular flexibility index (Phi) is 5.22. The lowest BCUT2D eigenvalue weighted by Crippen LogP contribution is -2.35. The molecule has 26 heavy (non-hydrogen) atoms. The van der Waals surface area contributed by atoms with Crippen LogP contribution in [0.3, 0.4) is 0 Å². The summed E-state index contributed by atoms with van der Waals surface area (Å²) in [7, 11) is -4.20. The van der Waals surface area contributed by atoms with Gasteiger partial charge < -0.3 is 4.90 Å². The third-order valence-corrected chi connectivity index (χ3v) is 5.63. The maximum absolute atomic E-state index is 13.7. The topological polar surface area (TPSA) is 66.5 Å². The van der Waals surface area contributed by atoms with Crippen LogP contribution in [0.1, 0.15) is 29.6 Å². The molecule has 8 heteroatoms. The van der Waals surface area contributed by atoms with Crippen LogP contribution in [0.5, 0.6) is 0 Å². The Balaban J connectivity index is 1.75. The normalized spacial score (nSPS) is 14.9. The van der Waals surface area contributed by atoms with E-state index in [-0.39, 0.29) is 11.6 Å². The van der Waals surface area contributed by atoms with Crippen LogP contribution in [0.2, 0.25) is 0 Å². The molecule has 0 unspecified atom stereocenters. The molecule has 1 aliphatic rings. The van der Waals surface area contributed by atoms with Crippen LogP contribution in [0.4, 0.5) is 14.5 Å². The summed E-state index contributed by atoms with van der Waals surface area (Å²) in [6.45, 7) is 1.44. The molecular formula is C18H18F2N2O3S. The predicted octanol–water partition coefficient (Wildman–Crippen LogP) is 3.39. The molecule has 3 rings (SSSR count). The fourth-order valence-electron chi connectivity index (χ4n) is 2.86. The summed E-state index contributed by atoms with van der Waals surface area (Å²) in [5.74, 6) is -2.12. The van der Waals surface area contributed by atoms with Crippen molar-refractivity contribution in [3.05, 3.63) is 59.7 Å². The number of hydrogen-bond donors (Lipinski definition) is 1. The quantitative estimate of drug-likeness (QED) is 0.884. The Labute approximate surface area is 150 Å². The molecule has 1 saturated heterocycles. The minimum Gasteiger partial charge on any atom is -0.339 e. The van der Waals surface area contributed by atoms with Crippen LogP contribution < -0.4 is 4.72 Å². The molecule has 5 nitrogen and oxygen atoms in total. The van der Waals surface area contributed by atoms with Crippen LogP contribution in [0.15, 0.2) is 47.4 Å². The van der Waals surface area contributed by atoms with Crippen molar-refractivity contribution in [2.45, 2.75) is 24.2 Å². The SMILES string of the molecule is O=C(c1ccc(NS(=O)(=O)c2ccc(F)cc2F)cc1)N1CCCCC1. The Morgan fingerprint density at radius 2 is 1.62 bits per heavy atom. The Hall–Kier alpha value is -2.48. The third kappa shape index (κ3) is 4.01. The van der Waals surface area contributed by atoms with E-state index >= 15 is 0 Å². The Morgan fingerprint density at radius 3 is 2.23 bits per heavy atom. The van der Waals surface area contributed by atoms with E-state index in [1.54, 1.807) is 4.90 Å². The summed E-state index contributed by atoms with van der Waals surface area (Å²) in [4.78, 5) is 13.5. The number of benzene rings is 2. The standard InChI is InChI=1S/C18H18F2N2O3S/c19-14-6-9-17(16(20)12-14)26(24,25)21-15-7-4-13(5-8-15)18(23)22-10-2-1-3-11-22/h4-9,12,21H,1-3,10-11H2. The number of sulfonamides is 1. The second kappa shape index (κ2) is 7.41. The molecule has 0 bridgehead atoms. The zero-order valence-electron chi connectivity index (χ0n) is 13.9.